The Morgan fingerprint density at radius 1 is 1.09 bits per heavy atom. The zero-order valence-corrected chi connectivity index (χ0v) is 17.6. The maximum absolute atomic E-state index is 11.7. The van der Waals surface area contributed by atoms with E-state index in [2.05, 4.69) is 19.8 Å². The highest BCUT2D eigenvalue weighted by Gasteiger charge is 2.23. The fraction of sp³-hybridized carbons (Fsp3) is 0.273. The molecule has 3 heterocycles. The van der Waals surface area contributed by atoms with Crippen LogP contribution in [0.25, 0.3) is 11.4 Å². The first-order valence-electron chi connectivity index (χ1n) is 10.3. The summed E-state index contributed by atoms with van der Waals surface area (Å²) in [5, 5.41) is 10.9. The molecule has 1 fully saturated rings. The monoisotopic (exact) mass is 433 g/mol. The number of benzene rings is 1. The Bertz CT molecular complexity index is 1140. The fourth-order valence-electron chi connectivity index (χ4n) is 3.68. The summed E-state index contributed by atoms with van der Waals surface area (Å²) in [6.07, 6.45) is 2.40. The summed E-state index contributed by atoms with van der Waals surface area (Å²) in [6.45, 7) is 4.73. The minimum atomic E-state index is -0.494. The van der Waals surface area contributed by atoms with E-state index in [0.717, 1.165) is 23.5 Å². The van der Waals surface area contributed by atoms with Crippen molar-refractivity contribution in [1.29, 1.82) is 0 Å². The normalized spacial score (nSPS) is 13.8. The molecule has 0 aliphatic carbocycles. The molecule has 2 N–H and O–H groups in total. The van der Waals surface area contributed by atoms with Crippen LogP contribution in [0.2, 0.25) is 0 Å². The SMILES string of the molecule is CCc1cc(N2CCN(c3ncccc3C(N)=O)CC2)nc(-c2ccc([N+](=O)[O-])cc2)n1. The molecule has 1 aliphatic rings. The Morgan fingerprint density at radius 3 is 2.41 bits per heavy atom. The van der Waals surface area contributed by atoms with Gasteiger partial charge in [-0.25, -0.2) is 15.0 Å². The molecule has 1 aromatic carbocycles. The number of aromatic nitrogens is 3. The van der Waals surface area contributed by atoms with Gasteiger partial charge in [0.25, 0.3) is 11.6 Å². The number of anilines is 2. The third-order valence-electron chi connectivity index (χ3n) is 5.42. The minimum Gasteiger partial charge on any atom is -0.365 e. The van der Waals surface area contributed by atoms with Gasteiger partial charge in [0.2, 0.25) is 0 Å². The summed E-state index contributed by atoms with van der Waals surface area (Å²) in [4.78, 5) is 40.2. The number of amides is 1. The highest BCUT2D eigenvalue weighted by molar-refractivity contribution is 5.97. The highest BCUT2D eigenvalue weighted by Crippen LogP contribution is 2.25. The molecule has 0 bridgehead atoms. The number of nitrogens with zero attached hydrogens (tertiary/aromatic N) is 6. The lowest BCUT2D eigenvalue weighted by Crippen LogP contribution is -2.47. The van der Waals surface area contributed by atoms with E-state index in [0.29, 0.717) is 43.4 Å². The van der Waals surface area contributed by atoms with Crippen molar-refractivity contribution >= 4 is 23.2 Å². The predicted octanol–water partition coefficient (Wildman–Crippen LogP) is 2.43. The number of rotatable bonds is 6. The lowest BCUT2D eigenvalue weighted by molar-refractivity contribution is -0.384. The molecule has 2 aromatic heterocycles. The molecule has 164 valence electrons. The second-order valence-electron chi connectivity index (χ2n) is 7.41. The first-order valence-corrected chi connectivity index (χ1v) is 10.3. The number of pyridine rings is 1. The van der Waals surface area contributed by atoms with Gasteiger partial charge in [-0.3, -0.25) is 14.9 Å². The van der Waals surface area contributed by atoms with Gasteiger partial charge in [-0.1, -0.05) is 6.92 Å². The van der Waals surface area contributed by atoms with Crippen molar-refractivity contribution in [3.8, 4) is 11.4 Å². The number of piperazine rings is 1. The number of aryl methyl sites for hydroxylation is 1. The third-order valence-corrected chi connectivity index (χ3v) is 5.42. The molecule has 3 aromatic rings. The van der Waals surface area contributed by atoms with Crippen LogP contribution in [0.1, 0.15) is 23.0 Å². The van der Waals surface area contributed by atoms with E-state index in [1.54, 1.807) is 30.5 Å². The molecular formula is C22H23N7O3. The van der Waals surface area contributed by atoms with Gasteiger partial charge < -0.3 is 15.5 Å². The summed E-state index contributed by atoms with van der Waals surface area (Å²) in [5.41, 5.74) is 7.56. The third kappa shape index (κ3) is 4.34. The number of nitro groups is 1. The number of nitro benzene ring substituents is 1. The standard InChI is InChI=1S/C22H23N7O3/c1-2-16-14-19(26-21(25-16)15-5-7-17(8-6-15)29(31)32)27-10-12-28(13-11-27)22-18(20(23)30)4-3-9-24-22/h3-9,14H,2,10-13H2,1H3,(H2,23,30). The maximum atomic E-state index is 11.7. The first kappa shape index (κ1) is 21.2. The molecule has 0 spiro atoms. The van der Waals surface area contributed by atoms with Crippen molar-refractivity contribution in [3.63, 3.8) is 0 Å². The summed E-state index contributed by atoms with van der Waals surface area (Å²) < 4.78 is 0. The number of carbonyl (C=O) groups is 1. The van der Waals surface area contributed by atoms with E-state index in [9.17, 15) is 14.9 Å². The van der Waals surface area contributed by atoms with Gasteiger partial charge >= 0.3 is 0 Å². The largest absolute Gasteiger partial charge is 0.365 e. The molecule has 1 amide bonds. The zero-order chi connectivity index (χ0) is 22.7. The lowest BCUT2D eigenvalue weighted by atomic mass is 10.1. The van der Waals surface area contributed by atoms with Gasteiger partial charge in [0, 0.05) is 61.8 Å². The fourth-order valence-corrected chi connectivity index (χ4v) is 3.68. The molecule has 0 saturated carbocycles. The van der Waals surface area contributed by atoms with Crippen molar-refractivity contribution in [2.75, 3.05) is 36.0 Å². The van der Waals surface area contributed by atoms with Crippen molar-refractivity contribution in [2.45, 2.75) is 13.3 Å². The Labute approximate surface area is 184 Å². The number of primary amides is 1. The maximum Gasteiger partial charge on any atom is 0.269 e. The second kappa shape index (κ2) is 8.96. The van der Waals surface area contributed by atoms with Crippen molar-refractivity contribution < 1.29 is 9.72 Å². The number of hydrogen-bond donors (Lipinski definition) is 1. The van der Waals surface area contributed by atoms with Gasteiger partial charge in [0.15, 0.2) is 5.82 Å². The molecule has 1 saturated heterocycles. The van der Waals surface area contributed by atoms with Crippen LogP contribution >= 0.6 is 0 Å². The van der Waals surface area contributed by atoms with Crippen LogP contribution in [0.5, 0.6) is 0 Å². The molecule has 10 heteroatoms. The van der Waals surface area contributed by atoms with Crippen LogP contribution in [-0.2, 0) is 6.42 Å². The molecule has 0 atom stereocenters. The van der Waals surface area contributed by atoms with E-state index in [1.165, 1.54) is 12.1 Å². The second-order valence-corrected chi connectivity index (χ2v) is 7.41. The zero-order valence-electron chi connectivity index (χ0n) is 17.6. The van der Waals surface area contributed by atoms with Crippen molar-refractivity contribution in [1.82, 2.24) is 15.0 Å². The van der Waals surface area contributed by atoms with Crippen LogP contribution in [-0.4, -0.2) is 52.0 Å². The first-order chi connectivity index (χ1) is 15.5. The summed E-state index contributed by atoms with van der Waals surface area (Å²) in [7, 11) is 0. The van der Waals surface area contributed by atoms with E-state index in [4.69, 9.17) is 10.7 Å². The van der Waals surface area contributed by atoms with Crippen LogP contribution in [0, 0.1) is 10.1 Å². The van der Waals surface area contributed by atoms with Gasteiger partial charge in [-0.2, -0.15) is 0 Å². The molecular weight excluding hydrogens is 410 g/mol. The molecule has 10 nitrogen and oxygen atoms in total. The van der Waals surface area contributed by atoms with Gasteiger partial charge in [0.1, 0.15) is 11.6 Å². The van der Waals surface area contributed by atoms with Crippen LogP contribution in [0.4, 0.5) is 17.3 Å². The smallest absolute Gasteiger partial charge is 0.269 e. The Hall–Kier alpha value is -4.08. The summed E-state index contributed by atoms with van der Waals surface area (Å²) >= 11 is 0. The van der Waals surface area contributed by atoms with Crippen LogP contribution < -0.4 is 15.5 Å². The molecule has 0 radical (unpaired) electrons. The Morgan fingerprint density at radius 2 is 1.78 bits per heavy atom. The van der Waals surface area contributed by atoms with E-state index in [1.807, 2.05) is 13.0 Å². The number of nitrogens with two attached hydrogens (primary N) is 1. The number of non-ortho nitro benzene ring substituents is 1. The predicted molar refractivity (Wildman–Crippen MR) is 121 cm³/mol. The topological polar surface area (TPSA) is 131 Å². The lowest BCUT2D eigenvalue weighted by Gasteiger charge is -2.36. The molecule has 1 aliphatic heterocycles. The number of hydrogen-bond acceptors (Lipinski definition) is 8. The highest BCUT2D eigenvalue weighted by atomic mass is 16.6. The van der Waals surface area contributed by atoms with Gasteiger partial charge in [-0.05, 0) is 30.7 Å². The average Bonchev–Trinajstić information content (AvgIpc) is 2.84. The van der Waals surface area contributed by atoms with Gasteiger partial charge in [-0.15, -0.1) is 0 Å². The van der Waals surface area contributed by atoms with E-state index < -0.39 is 10.8 Å². The molecule has 32 heavy (non-hydrogen) atoms. The van der Waals surface area contributed by atoms with Gasteiger partial charge in [0.05, 0.1) is 10.5 Å². The van der Waals surface area contributed by atoms with Crippen LogP contribution in [0.3, 0.4) is 0 Å². The minimum absolute atomic E-state index is 0.0293. The summed E-state index contributed by atoms with van der Waals surface area (Å²) in [6, 6.07) is 11.6. The quantitative estimate of drug-likeness (QED) is 0.463. The Kier molecular flexibility index (Phi) is 5.93. The Balaban J connectivity index is 1.55. The van der Waals surface area contributed by atoms with Crippen LogP contribution in [0.15, 0.2) is 48.7 Å². The van der Waals surface area contributed by atoms with Crippen molar-refractivity contribution in [3.05, 3.63) is 70.0 Å². The van der Waals surface area contributed by atoms with E-state index >= 15 is 0 Å². The number of carbonyl (C=O) groups excluding carboxylic acids is 1. The van der Waals surface area contributed by atoms with Crippen molar-refractivity contribution in [2.24, 2.45) is 5.73 Å². The molecule has 0 unspecified atom stereocenters. The summed E-state index contributed by atoms with van der Waals surface area (Å²) in [5.74, 6) is 1.45. The molecule has 4 rings (SSSR count). The van der Waals surface area contributed by atoms with E-state index in [-0.39, 0.29) is 5.69 Å². The average molecular weight is 433 g/mol.